The molecule has 0 spiro atoms. The van der Waals surface area contributed by atoms with E-state index in [0.29, 0.717) is 0 Å². The molecule has 0 unspecified atom stereocenters. The van der Waals surface area contributed by atoms with E-state index in [-0.39, 0.29) is 6.04 Å². The normalized spacial score (nSPS) is 15.8. The van der Waals surface area contributed by atoms with Crippen molar-refractivity contribution in [1.29, 1.82) is 0 Å². The van der Waals surface area contributed by atoms with Gasteiger partial charge < -0.3 is 10.8 Å². The lowest BCUT2D eigenvalue weighted by Gasteiger charge is -2.13. The average Bonchev–Trinajstić information content (AvgIpc) is 1.99. The Labute approximate surface area is 82.5 Å². The molecule has 0 amide bonds. The summed E-state index contributed by atoms with van der Waals surface area (Å²) in [6.07, 6.45) is 1.18. The summed E-state index contributed by atoms with van der Waals surface area (Å²) in [5, 5.41) is 9.54. The van der Waals surface area contributed by atoms with Crippen LogP contribution >= 0.6 is 0 Å². The van der Waals surface area contributed by atoms with E-state index in [9.17, 15) is 5.11 Å². The third-order valence-corrected chi connectivity index (χ3v) is 2.52. The molecule has 0 aromatic heterocycles. The standard InChI is InChI=1S/C10H21NOSi/c1-5-6-9(11)10(12)7-8-13(2,3)4/h9-10,12H,5-6,11H2,1-4H3/t9-,10+/m0/s1. The van der Waals surface area contributed by atoms with Crippen LogP contribution in [0.25, 0.3) is 0 Å². The van der Waals surface area contributed by atoms with Crippen LogP contribution in [0.4, 0.5) is 0 Å². The van der Waals surface area contributed by atoms with Crippen molar-refractivity contribution in [1.82, 2.24) is 0 Å². The molecule has 0 fully saturated rings. The van der Waals surface area contributed by atoms with Crippen molar-refractivity contribution < 1.29 is 5.11 Å². The third-order valence-electron chi connectivity index (χ3n) is 1.62. The minimum absolute atomic E-state index is 0.186. The molecule has 0 bridgehead atoms. The van der Waals surface area contributed by atoms with Gasteiger partial charge in [-0.1, -0.05) is 38.9 Å². The smallest absolute Gasteiger partial charge is 0.129 e. The SMILES string of the molecule is CCC[C@H](N)[C@H](O)C#C[Si](C)(C)C. The van der Waals surface area contributed by atoms with Crippen LogP contribution < -0.4 is 5.73 Å². The van der Waals surface area contributed by atoms with Gasteiger partial charge in [0.25, 0.3) is 0 Å². The van der Waals surface area contributed by atoms with Crippen LogP contribution in [-0.2, 0) is 0 Å². The molecule has 0 aliphatic rings. The highest BCUT2D eigenvalue weighted by Gasteiger charge is 2.12. The van der Waals surface area contributed by atoms with Crippen molar-refractivity contribution in [2.45, 2.75) is 51.6 Å². The van der Waals surface area contributed by atoms with Gasteiger partial charge in [-0.2, -0.15) is 0 Å². The molecule has 0 rings (SSSR count). The highest BCUT2D eigenvalue weighted by atomic mass is 28.3. The molecule has 0 saturated heterocycles. The van der Waals surface area contributed by atoms with E-state index in [1.165, 1.54) is 0 Å². The van der Waals surface area contributed by atoms with E-state index in [0.717, 1.165) is 12.8 Å². The molecule has 76 valence electrons. The van der Waals surface area contributed by atoms with E-state index in [1.54, 1.807) is 0 Å². The minimum Gasteiger partial charge on any atom is -0.379 e. The van der Waals surface area contributed by atoms with E-state index in [2.05, 4.69) is 38.0 Å². The van der Waals surface area contributed by atoms with Gasteiger partial charge in [0.1, 0.15) is 14.2 Å². The van der Waals surface area contributed by atoms with Crippen LogP contribution in [0.15, 0.2) is 0 Å². The Hall–Kier alpha value is -0.303. The quantitative estimate of drug-likeness (QED) is 0.532. The Morgan fingerprint density at radius 2 is 1.92 bits per heavy atom. The molecule has 0 aromatic carbocycles. The molecular weight excluding hydrogens is 178 g/mol. The first-order valence-corrected chi connectivity index (χ1v) is 8.33. The van der Waals surface area contributed by atoms with Crippen LogP contribution in [0.3, 0.4) is 0 Å². The van der Waals surface area contributed by atoms with E-state index < -0.39 is 14.2 Å². The van der Waals surface area contributed by atoms with Gasteiger partial charge in [-0.25, -0.2) is 0 Å². The summed E-state index contributed by atoms with van der Waals surface area (Å²) in [5.74, 6) is 2.85. The maximum Gasteiger partial charge on any atom is 0.129 e. The zero-order chi connectivity index (χ0) is 10.5. The largest absolute Gasteiger partial charge is 0.379 e. The van der Waals surface area contributed by atoms with Crippen molar-refractivity contribution in [2.75, 3.05) is 0 Å². The predicted octanol–water partition coefficient (Wildman–Crippen LogP) is 1.36. The number of nitrogens with two attached hydrogens (primary N) is 1. The summed E-state index contributed by atoms with van der Waals surface area (Å²) in [7, 11) is -1.37. The molecule has 0 heterocycles. The number of hydrogen-bond acceptors (Lipinski definition) is 2. The van der Waals surface area contributed by atoms with Crippen LogP contribution in [0.5, 0.6) is 0 Å². The molecule has 3 N–H and O–H groups in total. The summed E-state index contributed by atoms with van der Waals surface area (Å²) in [5.41, 5.74) is 8.84. The van der Waals surface area contributed by atoms with Gasteiger partial charge in [-0.15, -0.1) is 5.54 Å². The molecule has 2 atom stereocenters. The topological polar surface area (TPSA) is 46.2 Å². The van der Waals surface area contributed by atoms with Crippen LogP contribution in [0.1, 0.15) is 19.8 Å². The molecule has 13 heavy (non-hydrogen) atoms. The Morgan fingerprint density at radius 1 is 1.38 bits per heavy atom. The maximum atomic E-state index is 9.54. The monoisotopic (exact) mass is 199 g/mol. The fourth-order valence-electron chi connectivity index (χ4n) is 0.889. The molecule has 0 aromatic rings. The van der Waals surface area contributed by atoms with Gasteiger partial charge in [-0.05, 0) is 6.42 Å². The van der Waals surface area contributed by atoms with Gasteiger partial charge in [0.05, 0.1) is 0 Å². The number of aliphatic hydroxyl groups is 1. The molecule has 0 aliphatic heterocycles. The van der Waals surface area contributed by atoms with Gasteiger partial charge in [0.15, 0.2) is 0 Å². The highest BCUT2D eigenvalue weighted by Crippen LogP contribution is 2.01. The zero-order valence-electron chi connectivity index (χ0n) is 9.09. The number of hydrogen-bond donors (Lipinski definition) is 2. The van der Waals surface area contributed by atoms with E-state index in [4.69, 9.17) is 5.73 Å². The summed E-state index contributed by atoms with van der Waals surface area (Å²) in [4.78, 5) is 0. The third kappa shape index (κ3) is 6.82. The van der Waals surface area contributed by atoms with Crippen molar-refractivity contribution >= 4 is 8.07 Å². The molecule has 2 nitrogen and oxygen atoms in total. The van der Waals surface area contributed by atoms with Crippen molar-refractivity contribution in [2.24, 2.45) is 5.73 Å². The number of rotatable bonds is 3. The minimum atomic E-state index is -1.37. The van der Waals surface area contributed by atoms with Crippen molar-refractivity contribution in [3.05, 3.63) is 0 Å². The Bertz CT molecular complexity index is 199. The van der Waals surface area contributed by atoms with Crippen molar-refractivity contribution in [3.63, 3.8) is 0 Å². The van der Waals surface area contributed by atoms with Crippen LogP contribution in [0, 0.1) is 11.5 Å². The lowest BCUT2D eigenvalue weighted by molar-refractivity contribution is 0.195. The summed E-state index contributed by atoms with van der Waals surface area (Å²) in [6, 6.07) is -0.186. The fraction of sp³-hybridized carbons (Fsp3) is 0.800. The lowest BCUT2D eigenvalue weighted by atomic mass is 10.1. The summed E-state index contributed by atoms with van der Waals surface area (Å²) in [6.45, 7) is 8.51. The second-order valence-corrected chi connectivity index (χ2v) is 9.17. The molecular formula is C10H21NOSi. The van der Waals surface area contributed by atoms with Gasteiger partial charge >= 0.3 is 0 Å². The first kappa shape index (κ1) is 12.7. The van der Waals surface area contributed by atoms with E-state index in [1.807, 2.05) is 0 Å². The predicted molar refractivity (Wildman–Crippen MR) is 60.0 cm³/mol. The van der Waals surface area contributed by atoms with Gasteiger partial charge in [0, 0.05) is 6.04 Å². The maximum absolute atomic E-state index is 9.54. The average molecular weight is 199 g/mol. The fourth-order valence-corrected chi connectivity index (χ4v) is 1.47. The summed E-state index contributed by atoms with van der Waals surface area (Å²) >= 11 is 0. The first-order valence-electron chi connectivity index (χ1n) is 4.83. The Balaban J connectivity index is 4.10. The lowest BCUT2D eigenvalue weighted by Crippen LogP contribution is -2.33. The molecule has 0 radical (unpaired) electrons. The molecule has 0 saturated carbocycles. The molecule has 3 heteroatoms. The Morgan fingerprint density at radius 3 is 2.31 bits per heavy atom. The molecule has 0 aliphatic carbocycles. The van der Waals surface area contributed by atoms with Gasteiger partial charge in [-0.3, -0.25) is 0 Å². The second-order valence-electron chi connectivity index (χ2n) is 4.42. The first-order chi connectivity index (χ1) is 5.87. The van der Waals surface area contributed by atoms with Crippen LogP contribution in [-0.4, -0.2) is 25.3 Å². The van der Waals surface area contributed by atoms with E-state index >= 15 is 0 Å². The highest BCUT2D eigenvalue weighted by molar-refractivity contribution is 6.83. The summed E-state index contributed by atoms with van der Waals surface area (Å²) < 4.78 is 0. The van der Waals surface area contributed by atoms with Crippen LogP contribution in [0.2, 0.25) is 19.6 Å². The Kier molecular flexibility index (Phi) is 5.31. The number of aliphatic hydroxyl groups excluding tert-OH is 1. The zero-order valence-corrected chi connectivity index (χ0v) is 10.1. The van der Waals surface area contributed by atoms with Crippen molar-refractivity contribution in [3.8, 4) is 11.5 Å². The van der Waals surface area contributed by atoms with Gasteiger partial charge in [0.2, 0.25) is 0 Å². The second kappa shape index (κ2) is 5.43.